The summed E-state index contributed by atoms with van der Waals surface area (Å²) in [7, 11) is 1.75. The Hall–Kier alpha value is -1.09. The minimum Gasteiger partial charge on any atom is -0.318 e. The summed E-state index contributed by atoms with van der Waals surface area (Å²) in [6, 6.07) is 4.39. The topological polar surface area (TPSA) is 17.8 Å². The van der Waals surface area contributed by atoms with Gasteiger partial charge in [0.25, 0.3) is 0 Å². The number of imidazole rings is 1. The summed E-state index contributed by atoms with van der Waals surface area (Å²) in [4.78, 5) is 4.02. The molecule has 0 bridgehead atoms. The Morgan fingerprint density at radius 1 is 1.50 bits per heavy atom. The van der Waals surface area contributed by atoms with Gasteiger partial charge in [-0.25, -0.2) is 9.37 Å². The lowest BCUT2D eigenvalue weighted by atomic mass is 10.3. The first-order valence-electron chi connectivity index (χ1n) is 3.46. The summed E-state index contributed by atoms with van der Waals surface area (Å²) in [5.74, 6) is -0.276. The SMILES string of the molecule is Cn1c(Cl)nc2ccc([18F])cc21. The molecule has 1 aromatic heterocycles. The van der Waals surface area contributed by atoms with Crippen LogP contribution in [0.1, 0.15) is 0 Å². The van der Waals surface area contributed by atoms with E-state index in [1.54, 1.807) is 17.7 Å². The monoisotopic (exact) mass is 183 g/mol. The quantitative estimate of drug-likeness (QED) is 0.613. The molecule has 4 heteroatoms. The van der Waals surface area contributed by atoms with E-state index < -0.39 is 0 Å². The van der Waals surface area contributed by atoms with E-state index >= 15 is 0 Å². The van der Waals surface area contributed by atoms with Gasteiger partial charge in [0.05, 0.1) is 11.0 Å². The molecule has 1 aromatic carbocycles. The first kappa shape index (κ1) is 7.55. The smallest absolute Gasteiger partial charge is 0.203 e. The molecule has 0 saturated heterocycles. The van der Waals surface area contributed by atoms with Crippen LogP contribution in [0.2, 0.25) is 5.28 Å². The zero-order chi connectivity index (χ0) is 8.72. The molecule has 0 aliphatic rings. The standard InChI is InChI=1S/C8H6ClFN2/c1-12-7-4-5(10)2-3-6(7)11-8(12)9/h2-4H,1H3/i10-1. The molecular weight excluding hydrogens is 178 g/mol. The maximum absolute atomic E-state index is 12.7. The van der Waals surface area contributed by atoms with E-state index in [9.17, 15) is 4.39 Å². The predicted octanol–water partition coefficient (Wildman–Crippen LogP) is 2.37. The minimum atomic E-state index is -0.276. The number of aromatic nitrogens is 2. The first-order chi connectivity index (χ1) is 5.68. The zero-order valence-corrected chi connectivity index (χ0v) is 7.14. The van der Waals surface area contributed by atoms with Crippen molar-refractivity contribution in [3.63, 3.8) is 0 Å². The Morgan fingerprint density at radius 2 is 2.25 bits per heavy atom. The molecule has 0 aliphatic carbocycles. The predicted molar refractivity (Wildman–Crippen MR) is 45.7 cm³/mol. The van der Waals surface area contributed by atoms with Crippen molar-refractivity contribution in [3.05, 3.63) is 29.3 Å². The minimum absolute atomic E-state index is 0.276. The third-order valence-electron chi connectivity index (χ3n) is 1.79. The van der Waals surface area contributed by atoms with Crippen LogP contribution < -0.4 is 0 Å². The molecule has 0 spiro atoms. The fourth-order valence-electron chi connectivity index (χ4n) is 1.13. The lowest BCUT2D eigenvalue weighted by Crippen LogP contribution is -1.86. The molecule has 0 aliphatic heterocycles. The number of hydrogen-bond acceptors (Lipinski definition) is 1. The molecule has 0 atom stereocenters. The molecule has 0 N–H and O–H groups in total. The second-order valence-electron chi connectivity index (χ2n) is 2.57. The Morgan fingerprint density at radius 3 is 3.00 bits per heavy atom. The fourth-order valence-corrected chi connectivity index (χ4v) is 1.32. The lowest BCUT2D eigenvalue weighted by Gasteiger charge is -1.93. The van der Waals surface area contributed by atoms with Gasteiger partial charge in [-0.2, -0.15) is 0 Å². The highest BCUT2D eigenvalue weighted by molar-refractivity contribution is 6.29. The number of aryl methyl sites for hydroxylation is 1. The van der Waals surface area contributed by atoms with Crippen molar-refractivity contribution in [1.29, 1.82) is 0 Å². The van der Waals surface area contributed by atoms with Crippen LogP contribution in [-0.2, 0) is 7.05 Å². The number of hydrogen-bond donors (Lipinski definition) is 0. The van der Waals surface area contributed by atoms with E-state index in [2.05, 4.69) is 4.98 Å². The van der Waals surface area contributed by atoms with Gasteiger partial charge in [-0.3, -0.25) is 0 Å². The van der Waals surface area contributed by atoms with Gasteiger partial charge < -0.3 is 4.57 Å². The van der Waals surface area contributed by atoms with Gasteiger partial charge >= 0.3 is 0 Å². The molecule has 0 radical (unpaired) electrons. The largest absolute Gasteiger partial charge is 0.318 e. The van der Waals surface area contributed by atoms with Gasteiger partial charge in [-0.1, -0.05) is 0 Å². The van der Waals surface area contributed by atoms with Gasteiger partial charge in [-0.05, 0) is 29.8 Å². The van der Waals surface area contributed by atoms with Gasteiger partial charge in [0.15, 0.2) is 0 Å². The average Bonchev–Trinajstić information content (AvgIpc) is 2.31. The third kappa shape index (κ3) is 0.975. The van der Waals surface area contributed by atoms with Gasteiger partial charge in [0, 0.05) is 7.05 Å². The third-order valence-corrected chi connectivity index (χ3v) is 2.13. The van der Waals surface area contributed by atoms with Crippen molar-refractivity contribution >= 4 is 22.6 Å². The van der Waals surface area contributed by atoms with Crippen LogP contribution in [0.3, 0.4) is 0 Å². The molecule has 12 heavy (non-hydrogen) atoms. The van der Waals surface area contributed by atoms with Crippen LogP contribution in [-0.4, -0.2) is 9.55 Å². The molecule has 0 amide bonds. The van der Waals surface area contributed by atoms with Crippen LogP contribution in [0.25, 0.3) is 11.0 Å². The summed E-state index contributed by atoms with van der Waals surface area (Å²) < 4.78 is 14.4. The Bertz CT molecular complexity index is 436. The van der Waals surface area contributed by atoms with E-state index in [1.165, 1.54) is 12.1 Å². The van der Waals surface area contributed by atoms with E-state index in [-0.39, 0.29) is 5.82 Å². The maximum atomic E-state index is 12.7. The van der Waals surface area contributed by atoms with Gasteiger partial charge in [-0.15, -0.1) is 0 Å². The highest BCUT2D eigenvalue weighted by Gasteiger charge is 2.05. The molecule has 62 valence electrons. The molecular formula is C8H6ClFN2. The molecule has 2 aromatic rings. The van der Waals surface area contributed by atoms with Crippen molar-refractivity contribution in [2.24, 2.45) is 7.05 Å². The summed E-state index contributed by atoms with van der Waals surface area (Å²) >= 11 is 5.73. The van der Waals surface area contributed by atoms with E-state index in [0.29, 0.717) is 16.3 Å². The van der Waals surface area contributed by atoms with Crippen molar-refractivity contribution in [3.8, 4) is 0 Å². The van der Waals surface area contributed by atoms with Crippen LogP contribution in [0.4, 0.5) is 4.39 Å². The Kier molecular flexibility index (Phi) is 1.54. The van der Waals surface area contributed by atoms with Crippen LogP contribution in [0.5, 0.6) is 0 Å². The second kappa shape index (κ2) is 2.45. The van der Waals surface area contributed by atoms with E-state index in [1.807, 2.05) is 0 Å². The van der Waals surface area contributed by atoms with Crippen molar-refractivity contribution in [2.45, 2.75) is 0 Å². The Balaban J connectivity index is 2.88. The Labute approximate surface area is 73.6 Å². The number of benzene rings is 1. The van der Waals surface area contributed by atoms with Crippen molar-refractivity contribution < 1.29 is 4.39 Å². The zero-order valence-electron chi connectivity index (χ0n) is 6.38. The summed E-state index contributed by atoms with van der Waals surface area (Å²) in [6.45, 7) is 0. The maximum Gasteiger partial charge on any atom is 0.203 e. The van der Waals surface area contributed by atoms with Gasteiger partial charge in [0.2, 0.25) is 5.28 Å². The molecule has 0 saturated carbocycles. The van der Waals surface area contributed by atoms with E-state index in [4.69, 9.17) is 11.6 Å². The fraction of sp³-hybridized carbons (Fsp3) is 0.125. The van der Waals surface area contributed by atoms with Crippen molar-refractivity contribution in [2.75, 3.05) is 0 Å². The summed E-state index contributed by atoms with van der Waals surface area (Å²) in [5, 5.41) is 0.371. The average molecular weight is 184 g/mol. The van der Waals surface area contributed by atoms with Crippen molar-refractivity contribution in [1.82, 2.24) is 9.55 Å². The highest BCUT2D eigenvalue weighted by Crippen LogP contribution is 2.18. The molecule has 0 fully saturated rings. The number of nitrogens with zero attached hydrogens (tertiary/aromatic N) is 2. The summed E-state index contributed by atoms with van der Waals surface area (Å²) in [5.41, 5.74) is 1.42. The van der Waals surface area contributed by atoms with Gasteiger partial charge in [0.1, 0.15) is 5.82 Å². The molecule has 0 unspecified atom stereocenters. The summed E-state index contributed by atoms with van der Waals surface area (Å²) in [6.07, 6.45) is 0. The normalized spacial score (nSPS) is 10.9. The molecule has 2 rings (SSSR count). The number of fused-ring (bicyclic) bond motifs is 1. The first-order valence-corrected chi connectivity index (χ1v) is 3.84. The lowest BCUT2D eigenvalue weighted by molar-refractivity contribution is 0.629. The molecule has 1 heterocycles. The molecule has 2 nitrogen and oxygen atoms in total. The van der Waals surface area contributed by atoms with Crippen LogP contribution in [0.15, 0.2) is 18.2 Å². The highest BCUT2D eigenvalue weighted by atomic mass is 35.5. The van der Waals surface area contributed by atoms with E-state index in [0.717, 1.165) is 0 Å². The number of rotatable bonds is 0. The number of halogens is 2. The van der Waals surface area contributed by atoms with Crippen LogP contribution in [0, 0.1) is 5.82 Å². The van der Waals surface area contributed by atoms with Crippen LogP contribution >= 0.6 is 11.6 Å². The second-order valence-corrected chi connectivity index (χ2v) is 2.91.